The minimum Gasteiger partial charge on any atom is -0.481 e. The van der Waals surface area contributed by atoms with Gasteiger partial charge in [-0.1, -0.05) is 20.8 Å². The van der Waals surface area contributed by atoms with Crippen LogP contribution in [0, 0.1) is 11.3 Å². The second-order valence-electron chi connectivity index (χ2n) is 4.99. The lowest BCUT2D eigenvalue weighted by molar-refractivity contribution is -0.149. The van der Waals surface area contributed by atoms with Gasteiger partial charge in [0.25, 0.3) is 0 Å². The van der Waals surface area contributed by atoms with Crippen LogP contribution in [0.5, 0.6) is 0 Å². The Morgan fingerprint density at radius 3 is 2.39 bits per heavy atom. The van der Waals surface area contributed by atoms with Crippen molar-refractivity contribution in [3.05, 3.63) is 22.8 Å². The molecule has 0 saturated heterocycles. The summed E-state index contributed by atoms with van der Waals surface area (Å²) in [5.74, 6) is -2.50. The Morgan fingerprint density at radius 2 is 2.00 bits per heavy atom. The quantitative estimate of drug-likeness (QED) is 0.840. The summed E-state index contributed by atoms with van der Waals surface area (Å²) in [4.78, 5) is 27.1. The molecule has 0 aliphatic heterocycles. The summed E-state index contributed by atoms with van der Waals surface area (Å²) >= 11 is 3.23. The van der Waals surface area contributed by atoms with Crippen molar-refractivity contribution < 1.29 is 14.7 Å². The van der Waals surface area contributed by atoms with Gasteiger partial charge in [-0.3, -0.25) is 9.59 Å². The molecule has 1 heterocycles. The van der Waals surface area contributed by atoms with E-state index in [0.717, 1.165) is 4.47 Å². The Hall–Kier alpha value is -1.43. The van der Waals surface area contributed by atoms with Crippen molar-refractivity contribution in [1.82, 2.24) is 4.98 Å². The number of anilines is 1. The van der Waals surface area contributed by atoms with Gasteiger partial charge < -0.3 is 10.4 Å². The maximum absolute atomic E-state index is 11.9. The first-order chi connectivity index (χ1) is 8.21. The summed E-state index contributed by atoms with van der Waals surface area (Å²) in [7, 11) is 0. The van der Waals surface area contributed by atoms with Crippen LogP contribution in [0.4, 0.5) is 5.82 Å². The number of carbonyl (C=O) groups is 2. The zero-order chi connectivity index (χ0) is 13.9. The van der Waals surface area contributed by atoms with Gasteiger partial charge in [0.2, 0.25) is 5.91 Å². The zero-order valence-corrected chi connectivity index (χ0v) is 12.0. The molecule has 1 atom stereocenters. The highest BCUT2D eigenvalue weighted by molar-refractivity contribution is 9.10. The fraction of sp³-hybridized carbons (Fsp3) is 0.417. The Bertz CT molecular complexity index is 451. The van der Waals surface area contributed by atoms with Gasteiger partial charge in [-0.05, 0) is 33.5 Å². The molecule has 0 spiro atoms. The van der Waals surface area contributed by atoms with Crippen molar-refractivity contribution >= 4 is 33.6 Å². The van der Waals surface area contributed by atoms with Crippen molar-refractivity contribution in [1.29, 1.82) is 0 Å². The van der Waals surface area contributed by atoms with E-state index in [2.05, 4.69) is 26.2 Å². The van der Waals surface area contributed by atoms with Gasteiger partial charge in [0.1, 0.15) is 11.7 Å². The maximum atomic E-state index is 11.9. The number of carboxylic acids is 1. The van der Waals surface area contributed by atoms with Crippen molar-refractivity contribution in [2.75, 3.05) is 5.32 Å². The normalized spacial score (nSPS) is 12.9. The number of carboxylic acid groups (broad SMARTS) is 1. The van der Waals surface area contributed by atoms with Gasteiger partial charge in [-0.15, -0.1) is 0 Å². The van der Waals surface area contributed by atoms with Gasteiger partial charge >= 0.3 is 5.97 Å². The number of aromatic nitrogens is 1. The second-order valence-corrected chi connectivity index (χ2v) is 5.90. The highest BCUT2D eigenvalue weighted by atomic mass is 79.9. The molecule has 0 aliphatic carbocycles. The third kappa shape index (κ3) is 3.80. The molecule has 18 heavy (non-hydrogen) atoms. The van der Waals surface area contributed by atoms with Crippen molar-refractivity contribution in [3.8, 4) is 0 Å². The number of rotatable bonds is 3. The monoisotopic (exact) mass is 314 g/mol. The largest absolute Gasteiger partial charge is 0.481 e. The summed E-state index contributed by atoms with van der Waals surface area (Å²) in [6.07, 6.45) is 1.53. The molecule has 1 aromatic heterocycles. The molecule has 0 bridgehead atoms. The minimum atomic E-state index is -1.14. The number of amides is 1. The Morgan fingerprint density at radius 1 is 1.39 bits per heavy atom. The zero-order valence-electron chi connectivity index (χ0n) is 10.4. The summed E-state index contributed by atoms with van der Waals surface area (Å²) in [5.41, 5.74) is -0.661. The van der Waals surface area contributed by atoms with Crippen LogP contribution in [-0.4, -0.2) is 22.0 Å². The molecule has 0 radical (unpaired) electrons. The van der Waals surface area contributed by atoms with Gasteiger partial charge in [-0.25, -0.2) is 4.98 Å². The Balaban J connectivity index is 2.86. The molecular weight excluding hydrogens is 300 g/mol. The standard InChI is InChI=1S/C12H15BrN2O3/c1-12(2,3)9(11(17)18)10(16)15-8-5-4-7(13)6-14-8/h4-6,9H,1-3H3,(H,17,18)(H,14,15,16). The second kappa shape index (κ2) is 5.48. The van der Waals surface area contributed by atoms with Crippen LogP contribution in [0.15, 0.2) is 22.8 Å². The summed E-state index contributed by atoms with van der Waals surface area (Å²) < 4.78 is 0.783. The van der Waals surface area contributed by atoms with Crippen LogP contribution >= 0.6 is 15.9 Å². The third-order valence-electron chi connectivity index (χ3n) is 2.35. The predicted molar refractivity (Wildman–Crippen MR) is 71.1 cm³/mol. The molecule has 0 aliphatic rings. The van der Waals surface area contributed by atoms with E-state index in [4.69, 9.17) is 5.11 Å². The van der Waals surface area contributed by atoms with Crippen LogP contribution in [-0.2, 0) is 9.59 Å². The van der Waals surface area contributed by atoms with E-state index in [-0.39, 0.29) is 0 Å². The lowest BCUT2D eigenvalue weighted by atomic mass is 9.80. The van der Waals surface area contributed by atoms with Crippen molar-refractivity contribution in [3.63, 3.8) is 0 Å². The molecule has 6 heteroatoms. The fourth-order valence-electron chi connectivity index (χ4n) is 1.52. The number of halogens is 1. The number of nitrogens with zero attached hydrogens (tertiary/aromatic N) is 1. The number of hydrogen-bond donors (Lipinski definition) is 2. The molecule has 0 aromatic carbocycles. The minimum absolute atomic E-state index is 0.332. The van der Waals surface area contributed by atoms with Gasteiger partial charge in [0, 0.05) is 10.7 Å². The Labute approximate surface area is 114 Å². The van der Waals surface area contributed by atoms with E-state index in [9.17, 15) is 9.59 Å². The molecule has 1 rings (SSSR count). The number of carbonyl (C=O) groups excluding carboxylic acids is 1. The molecule has 1 unspecified atom stereocenters. The number of nitrogens with one attached hydrogen (secondary N) is 1. The van der Waals surface area contributed by atoms with E-state index in [1.54, 1.807) is 32.9 Å². The smallest absolute Gasteiger partial charge is 0.316 e. The average molecular weight is 315 g/mol. The van der Waals surface area contributed by atoms with Gasteiger partial charge in [0.05, 0.1) is 0 Å². The summed E-state index contributed by atoms with van der Waals surface area (Å²) in [5, 5.41) is 11.6. The molecular formula is C12H15BrN2O3. The SMILES string of the molecule is CC(C)(C)C(C(=O)O)C(=O)Nc1ccc(Br)cn1. The molecule has 1 amide bonds. The van der Waals surface area contributed by atoms with Crippen LogP contribution in [0.1, 0.15) is 20.8 Å². The van der Waals surface area contributed by atoms with Gasteiger partial charge in [0.15, 0.2) is 0 Å². The van der Waals surface area contributed by atoms with E-state index < -0.39 is 23.2 Å². The predicted octanol–water partition coefficient (Wildman–Crippen LogP) is 2.53. The summed E-state index contributed by atoms with van der Waals surface area (Å²) in [6, 6.07) is 3.32. The number of aliphatic carboxylic acids is 1. The molecule has 98 valence electrons. The molecule has 0 saturated carbocycles. The first-order valence-electron chi connectivity index (χ1n) is 5.37. The van der Waals surface area contributed by atoms with Crippen LogP contribution in [0.3, 0.4) is 0 Å². The average Bonchev–Trinajstić information content (AvgIpc) is 2.18. The third-order valence-corrected chi connectivity index (χ3v) is 2.82. The van der Waals surface area contributed by atoms with Crippen LogP contribution in [0.25, 0.3) is 0 Å². The molecule has 1 aromatic rings. The molecule has 0 fully saturated rings. The van der Waals surface area contributed by atoms with E-state index in [0.29, 0.717) is 5.82 Å². The first kappa shape index (κ1) is 14.6. The van der Waals surface area contributed by atoms with E-state index in [1.165, 1.54) is 6.20 Å². The lowest BCUT2D eigenvalue weighted by Gasteiger charge is -2.25. The number of hydrogen-bond acceptors (Lipinski definition) is 3. The summed E-state index contributed by atoms with van der Waals surface area (Å²) in [6.45, 7) is 5.13. The van der Waals surface area contributed by atoms with Crippen LogP contribution < -0.4 is 5.32 Å². The maximum Gasteiger partial charge on any atom is 0.316 e. The van der Waals surface area contributed by atoms with Gasteiger partial charge in [-0.2, -0.15) is 0 Å². The van der Waals surface area contributed by atoms with Crippen molar-refractivity contribution in [2.45, 2.75) is 20.8 Å². The van der Waals surface area contributed by atoms with Crippen LogP contribution in [0.2, 0.25) is 0 Å². The van der Waals surface area contributed by atoms with E-state index in [1.807, 2.05) is 0 Å². The fourth-order valence-corrected chi connectivity index (χ4v) is 1.76. The molecule has 2 N–H and O–H groups in total. The highest BCUT2D eigenvalue weighted by Gasteiger charge is 2.37. The lowest BCUT2D eigenvalue weighted by Crippen LogP contribution is -2.39. The highest BCUT2D eigenvalue weighted by Crippen LogP contribution is 2.27. The first-order valence-corrected chi connectivity index (χ1v) is 6.16. The van der Waals surface area contributed by atoms with Crippen molar-refractivity contribution in [2.24, 2.45) is 11.3 Å². The Kier molecular flexibility index (Phi) is 4.45. The van der Waals surface area contributed by atoms with E-state index >= 15 is 0 Å². The number of pyridine rings is 1. The topological polar surface area (TPSA) is 79.3 Å². The molecule has 5 nitrogen and oxygen atoms in total.